The summed E-state index contributed by atoms with van der Waals surface area (Å²) in [5, 5.41) is 19.7. The van der Waals surface area contributed by atoms with Gasteiger partial charge >= 0.3 is 6.09 Å². The Labute approximate surface area is 227 Å². The second-order valence-electron chi connectivity index (χ2n) is 12.0. The minimum absolute atomic E-state index is 0.156. The molecular weight excluding hydrogens is 532 g/mol. The van der Waals surface area contributed by atoms with E-state index in [4.69, 9.17) is 4.74 Å². The van der Waals surface area contributed by atoms with Crippen molar-refractivity contribution in [3.8, 4) is 6.07 Å². The molecule has 4 aliphatic rings. The molecule has 9 heteroatoms. The molecule has 0 spiro atoms. The van der Waals surface area contributed by atoms with Gasteiger partial charge in [0, 0.05) is 23.6 Å². The normalized spacial score (nSPS) is 27.9. The molecule has 0 radical (unpaired) electrons. The maximum atomic E-state index is 12.5. The highest BCUT2D eigenvalue weighted by Gasteiger charge is 2.55. The van der Waals surface area contributed by atoms with E-state index in [1.165, 1.54) is 19.3 Å². The molecule has 2 aromatic rings. The predicted molar refractivity (Wildman–Crippen MR) is 146 cm³/mol. The maximum absolute atomic E-state index is 12.5. The van der Waals surface area contributed by atoms with Gasteiger partial charge < -0.3 is 20.7 Å². The van der Waals surface area contributed by atoms with Crippen LogP contribution in [0.1, 0.15) is 64.0 Å². The van der Waals surface area contributed by atoms with Crippen LogP contribution in [0.5, 0.6) is 0 Å². The summed E-state index contributed by atoms with van der Waals surface area (Å²) in [7, 11) is 0. The molecule has 1 unspecified atom stereocenters. The number of alkyl carbamates (subject to hydrolysis) is 1. The van der Waals surface area contributed by atoms with Crippen molar-refractivity contribution in [3.63, 3.8) is 0 Å². The number of anilines is 2. The number of nitriles is 1. The van der Waals surface area contributed by atoms with E-state index in [2.05, 4.69) is 47.9 Å². The lowest BCUT2D eigenvalue weighted by Crippen LogP contribution is -2.60. The second-order valence-corrected chi connectivity index (χ2v) is 12.9. The van der Waals surface area contributed by atoms with Gasteiger partial charge in [0.1, 0.15) is 23.1 Å². The van der Waals surface area contributed by atoms with Crippen LogP contribution in [0.2, 0.25) is 0 Å². The molecule has 196 valence electrons. The third-order valence-electron chi connectivity index (χ3n) is 8.02. The Morgan fingerprint density at radius 2 is 1.92 bits per heavy atom. The van der Waals surface area contributed by atoms with Crippen molar-refractivity contribution in [2.45, 2.75) is 71.1 Å². The minimum Gasteiger partial charge on any atom is -0.444 e. The summed E-state index contributed by atoms with van der Waals surface area (Å²) in [6.45, 7) is 7.04. The number of nitrogens with one attached hydrogen (secondary N) is 3. The molecule has 1 aromatic carbocycles. The number of benzene rings is 1. The SMILES string of the molecule is CC(C)(C)OC(=O)N[C@@H]1[C@@H]2CC3C[C@H]1C[C@@](CNc1nc(NCc4ccccc4Br)ncc1C#N)(C3)C2. The molecule has 0 aliphatic heterocycles. The largest absolute Gasteiger partial charge is 0.444 e. The number of carbonyl (C=O) groups excluding carboxylic acids is 1. The number of aromatic nitrogens is 2. The number of halogens is 1. The standard InChI is InChI=1S/C28H35BrN6O2/c1-27(2,3)37-26(36)34-23-19-8-17-9-20(23)12-28(10-17,11-19)16-33-24-21(13-30)15-32-25(35-24)31-14-18-6-4-5-7-22(18)29/h4-7,15,17,19-20,23H,8-12,14,16H2,1-3H3,(H,34,36)(H2,31,32,33,35)/t17?,19-,20+,23-,28-. The van der Waals surface area contributed by atoms with Gasteiger partial charge in [-0.3, -0.25) is 0 Å². The third kappa shape index (κ3) is 5.85. The summed E-state index contributed by atoms with van der Waals surface area (Å²) in [5.74, 6) is 2.68. The van der Waals surface area contributed by atoms with Gasteiger partial charge in [-0.2, -0.15) is 10.2 Å². The first-order valence-corrected chi connectivity index (χ1v) is 13.9. The van der Waals surface area contributed by atoms with E-state index in [0.29, 0.717) is 41.6 Å². The molecule has 5 atom stereocenters. The predicted octanol–water partition coefficient (Wildman–Crippen LogP) is 5.85. The molecule has 6 rings (SSSR count). The first-order chi connectivity index (χ1) is 17.6. The number of hydrogen-bond donors (Lipinski definition) is 3. The summed E-state index contributed by atoms with van der Waals surface area (Å²) >= 11 is 3.57. The van der Waals surface area contributed by atoms with Crippen LogP contribution in [-0.4, -0.2) is 34.2 Å². The highest BCUT2D eigenvalue weighted by molar-refractivity contribution is 9.10. The van der Waals surface area contributed by atoms with Crippen LogP contribution in [-0.2, 0) is 11.3 Å². The zero-order chi connectivity index (χ0) is 26.2. The van der Waals surface area contributed by atoms with E-state index in [1.54, 1.807) is 6.20 Å². The topological polar surface area (TPSA) is 112 Å². The first-order valence-electron chi connectivity index (χ1n) is 13.1. The molecule has 1 heterocycles. The van der Waals surface area contributed by atoms with Crippen molar-refractivity contribution in [2.75, 3.05) is 17.2 Å². The van der Waals surface area contributed by atoms with E-state index < -0.39 is 5.60 Å². The van der Waals surface area contributed by atoms with E-state index in [1.807, 2.05) is 45.0 Å². The van der Waals surface area contributed by atoms with Crippen molar-refractivity contribution in [3.05, 3.63) is 46.1 Å². The Kier molecular flexibility index (Phi) is 7.06. The molecule has 8 nitrogen and oxygen atoms in total. The molecule has 1 aromatic heterocycles. The molecule has 4 aliphatic carbocycles. The molecule has 4 fully saturated rings. The van der Waals surface area contributed by atoms with Gasteiger partial charge in [0.15, 0.2) is 0 Å². The van der Waals surface area contributed by atoms with Crippen LogP contribution in [0.3, 0.4) is 0 Å². The lowest BCUT2D eigenvalue weighted by Gasteiger charge is -2.60. The summed E-state index contributed by atoms with van der Waals surface area (Å²) in [6.07, 6.45) is 6.92. The van der Waals surface area contributed by atoms with Crippen molar-refractivity contribution in [1.82, 2.24) is 15.3 Å². The van der Waals surface area contributed by atoms with Crippen molar-refractivity contribution < 1.29 is 9.53 Å². The van der Waals surface area contributed by atoms with Gasteiger partial charge in [-0.1, -0.05) is 34.1 Å². The van der Waals surface area contributed by atoms with Crippen LogP contribution in [0.25, 0.3) is 0 Å². The fourth-order valence-electron chi connectivity index (χ4n) is 6.86. The van der Waals surface area contributed by atoms with Gasteiger partial charge in [0.2, 0.25) is 5.95 Å². The average molecular weight is 568 g/mol. The molecule has 0 saturated heterocycles. The average Bonchev–Trinajstić information content (AvgIpc) is 2.83. The van der Waals surface area contributed by atoms with Crippen LogP contribution in [0, 0.1) is 34.5 Å². The van der Waals surface area contributed by atoms with Crippen LogP contribution in [0.15, 0.2) is 34.9 Å². The Balaban J connectivity index is 1.24. The Bertz CT molecular complexity index is 1190. The summed E-state index contributed by atoms with van der Waals surface area (Å²) in [6, 6.07) is 10.4. The zero-order valence-corrected chi connectivity index (χ0v) is 23.3. The van der Waals surface area contributed by atoms with E-state index in [9.17, 15) is 10.1 Å². The molecule has 4 bridgehead atoms. The Morgan fingerprint density at radius 1 is 1.19 bits per heavy atom. The van der Waals surface area contributed by atoms with Gasteiger partial charge in [0.05, 0.1) is 6.20 Å². The fraction of sp³-hybridized carbons (Fsp3) is 0.571. The van der Waals surface area contributed by atoms with Crippen molar-refractivity contribution in [2.24, 2.45) is 23.2 Å². The monoisotopic (exact) mass is 566 g/mol. The molecular formula is C28H35BrN6O2. The molecule has 4 saturated carbocycles. The fourth-order valence-corrected chi connectivity index (χ4v) is 7.28. The van der Waals surface area contributed by atoms with Gasteiger partial charge in [-0.25, -0.2) is 9.78 Å². The highest BCUT2D eigenvalue weighted by Crippen LogP contribution is 2.60. The number of carbonyl (C=O) groups is 1. The smallest absolute Gasteiger partial charge is 0.407 e. The van der Waals surface area contributed by atoms with Gasteiger partial charge in [-0.05, 0) is 87.7 Å². The third-order valence-corrected chi connectivity index (χ3v) is 8.79. The van der Waals surface area contributed by atoms with E-state index in [0.717, 1.165) is 29.4 Å². The lowest BCUT2D eigenvalue weighted by atomic mass is 9.48. The van der Waals surface area contributed by atoms with Crippen LogP contribution < -0.4 is 16.0 Å². The van der Waals surface area contributed by atoms with Crippen LogP contribution in [0.4, 0.5) is 16.6 Å². The molecule has 1 amide bonds. The highest BCUT2D eigenvalue weighted by atomic mass is 79.9. The summed E-state index contributed by atoms with van der Waals surface area (Å²) in [5.41, 5.74) is 1.21. The molecule has 3 N–H and O–H groups in total. The Hall–Kier alpha value is -2.86. The molecule has 37 heavy (non-hydrogen) atoms. The number of rotatable bonds is 7. The minimum atomic E-state index is -0.498. The van der Waals surface area contributed by atoms with Gasteiger partial charge in [-0.15, -0.1) is 0 Å². The van der Waals surface area contributed by atoms with Gasteiger partial charge in [0.25, 0.3) is 0 Å². The Morgan fingerprint density at radius 3 is 2.59 bits per heavy atom. The van der Waals surface area contributed by atoms with E-state index >= 15 is 0 Å². The zero-order valence-electron chi connectivity index (χ0n) is 21.7. The van der Waals surface area contributed by atoms with Crippen molar-refractivity contribution >= 4 is 33.8 Å². The first kappa shape index (κ1) is 25.8. The summed E-state index contributed by atoms with van der Waals surface area (Å²) in [4.78, 5) is 21.5. The summed E-state index contributed by atoms with van der Waals surface area (Å²) < 4.78 is 6.57. The van der Waals surface area contributed by atoms with Crippen LogP contribution >= 0.6 is 15.9 Å². The number of hydrogen-bond acceptors (Lipinski definition) is 7. The lowest BCUT2D eigenvalue weighted by molar-refractivity contribution is -0.0703. The quantitative estimate of drug-likeness (QED) is 0.385. The number of amides is 1. The maximum Gasteiger partial charge on any atom is 0.407 e. The van der Waals surface area contributed by atoms with E-state index in [-0.39, 0.29) is 17.6 Å². The number of nitrogens with zero attached hydrogens (tertiary/aromatic N) is 3. The van der Waals surface area contributed by atoms with Crippen molar-refractivity contribution in [1.29, 1.82) is 5.26 Å². The number of ether oxygens (including phenoxy) is 1. The second kappa shape index (κ2) is 10.1.